The third-order valence-electron chi connectivity index (χ3n) is 7.81. The van der Waals surface area contributed by atoms with Gasteiger partial charge in [0, 0.05) is 0 Å². The largest absolute Gasteiger partial charge is 0.314 e. The number of hydrogen-bond acceptors (Lipinski definition) is 8. The van der Waals surface area contributed by atoms with Crippen LogP contribution in [0.1, 0.15) is 38.5 Å². The number of hydrogen-bond donors (Lipinski definition) is 0. The van der Waals surface area contributed by atoms with Crippen molar-refractivity contribution < 1.29 is 0 Å². The molecule has 8 rings (SSSR count). The topological polar surface area (TPSA) is 123 Å². The Morgan fingerprint density at radius 2 is 0.500 bits per heavy atom. The summed E-state index contributed by atoms with van der Waals surface area (Å²) in [6.07, 6.45) is 20.6. The van der Waals surface area contributed by atoms with Crippen LogP contribution in [0.4, 0.5) is 0 Å². The minimum absolute atomic E-state index is 0.170. The molecule has 4 aromatic rings. The lowest BCUT2D eigenvalue weighted by Gasteiger charge is -2.70. The van der Waals surface area contributed by atoms with Crippen molar-refractivity contribution in [3.63, 3.8) is 0 Å². The molecule has 0 amide bonds. The van der Waals surface area contributed by atoms with Gasteiger partial charge in [-0.25, -0.2) is 0 Å². The summed E-state index contributed by atoms with van der Waals surface area (Å²) < 4.78 is 8.84. The quantitative estimate of drug-likeness (QED) is 0.476. The first-order valence-electron chi connectivity index (χ1n) is 10.1. The van der Waals surface area contributed by atoms with Crippen molar-refractivity contribution in [2.45, 2.75) is 60.7 Å². The fourth-order valence-corrected chi connectivity index (χ4v) is 7.30. The van der Waals surface area contributed by atoms with Crippen LogP contribution in [0, 0.1) is 0 Å². The summed E-state index contributed by atoms with van der Waals surface area (Å²) in [6.45, 7) is 0. The van der Waals surface area contributed by atoms with E-state index >= 15 is 0 Å². The summed E-state index contributed by atoms with van der Waals surface area (Å²) in [5.41, 5.74) is -0.678. The van der Waals surface area contributed by atoms with Crippen LogP contribution in [-0.2, 0) is 22.2 Å². The second-order valence-corrected chi connectivity index (χ2v) is 9.43. The Kier molecular flexibility index (Phi) is 2.83. The van der Waals surface area contributed by atoms with Gasteiger partial charge in [0.15, 0.2) is 0 Å². The average molecular weight is 404 g/mol. The van der Waals surface area contributed by atoms with E-state index in [1.807, 2.05) is 50.6 Å². The van der Waals surface area contributed by atoms with E-state index in [-0.39, 0.29) is 22.2 Å². The summed E-state index contributed by atoms with van der Waals surface area (Å²) in [5, 5.41) is 33.2. The molecule has 4 fully saturated rings. The van der Waals surface area contributed by atoms with E-state index in [1.54, 1.807) is 0 Å². The first-order chi connectivity index (χ1) is 14.7. The molecule has 30 heavy (non-hydrogen) atoms. The third-order valence-corrected chi connectivity index (χ3v) is 7.81. The maximum Gasteiger partial charge on any atom is 0.119 e. The fraction of sp³-hybridized carbons (Fsp3) is 0.556. The van der Waals surface area contributed by atoms with Crippen LogP contribution in [0.5, 0.6) is 0 Å². The summed E-state index contributed by atoms with van der Waals surface area (Å²) in [7, 11) is 0. The number of rotatable bonds is 4. The van der Waals surface area contributed by atoms with E-state index < -0.39 is 0 Å². The molecule has 0 N–H and O–H groups in total. The zero-order valence-electron chi connectivity index (χ0n) is 16.2. The van der Waals surface area contributed by atoms with Gasteiger partial charge in [-0.1, -0.05) is 0 Å². The minimum Gasteiger partial charge on any atom is -0.314 e. The normalized spacial score (nSPS) is 37.1. The predicted molar refractivity (Wildman–Crippen MR) is 99.7 cm³/mol. The number of aromatic nitrogens is 12. The molecule has 4 saturated carbocycles. The molecule has 0 saturated heterocycles. The van der Waals surface area contributed by atoms with Crippen molar-refractivity contribution in [3.05, 3.63) is 50.6 Å². The second-order valence-electron chi connectivity index (χ2n) is 9.43. The average Bonchev–Trinajstić information content (AvgIpc) is 3.56. The lowest BCUT2D eigenvalue weighted by molar-refractivity contribution is -0.171. The van der Waals surface area contributed by atoms with Crippen LogP contribution in [0.15, 0.2) is 50.6 Å². The highest BCUT2D eigenvalue weighted by Gasteiger charge is 2.71. The Morgan fingerprint density at radius 1 is 0.333 bits per heavy atom. The van der Waals surface area contributed by atoms with Gasteiger partial charge < -0.3 is 18.3 Å². The van der Waals surface area contributed by atoms with Gasteiger partial charge in [0.1, 0.15) is 50.6 Å². The fourth-order valence-electron chi connectivity index (χ4n) is 7.30. The number of nitrogens with zero attached hydrogens (tertiary/aromatic N) is 12. The molecule has 0 spiro atoms. The van der Waals surface area contributed by atoms with E-state index in [1.165, 1.54) is 0 Å². The molecule has 4 bridgehead atoms. The smallest absolute Gasteiger partial charge is 0.119 e. The Hall–Kier alpha value is -3.44. The van der Waals surface area contributed by atoms with Crippen LogP contribution in [0.25, 0.3) is 0 Å². The lowest BCUT2D eigenvalue weighted by atomic mass is 9.44. The zero-order chi connectivity index (χ0) is 19.9. The van der Waals surface area contributed by atoms with E-state index in [9.17, 15) is 0 Å². The highest BCUT2D eigenvalue weighted by molar-refractivity contribution is 5.25. The molecular formula is C18H20N12. The Labute approximate surface area is 171 Å². The summed E-state index contributed by atoms with van der Waals surface area (Å²) >= 11 is 0. The molecular weight excluding hydrogens is 384 g/mol. The zero-order valence-corrected chi connectivity index (χ0v) is 16.2. The van der Waals surface area contributed by atoms with Crippen molar-refractivity contribution in [1.29, 1.82) is 0 Å². The van der Waals surface area contributed by atoms with Crippen molar-refractivity contribution in [1.82, 2.24) is 59.1 Å². The van der Waals surface area contributed by atoms with Gasteiger partial charge in [-0.2, -0.15) is 0 Å². The maximum absolute atomic E-state index is 4.15. The van der Waals surface area contributed by atoms with Crippen molar-refractivity contribution >= 4 is 0 Å². The second kappa shape index (κ2) is 5.18. The molecule has 4 aliphatic rings. The van der Waals surface area contributed by atoms with Gasteiger partial charge in [-0.15, -0.1) is 40.8 Å². The first-order valence-corrected chi connectivity index (χ1v) is 10.1. The first kappa shape index (κ1) is 16.4. The molecule has 4 aromatic heterocycles. The van der Waals surface area contributed by atoms with Crippen molar-refractivity contribution in [3.8, 4) is 0 Å². The van der Waals surface area contributed by atoms with Gasteiger partial charge in [-0.05, 0) is 38.5 Å². The molecule has 0 aromatic carbocycles. The highest BCUT2D eigenvalue weighted by Crippen LogP contribution is 2.70. The third kappa shape index (κ3) is 1.91. The molecule has 0 radical (unpaired) electrons. The van der Waals surface area contributed by atoms with Crippen LogP contribution >= 0.6 is 0 Å². The van der Waals surface area contributed by atoms with E-state index in [0.717, 1.165) is 38.5 Å². The van der Waals surface area contributed by atoms with Crippen LogP contribution < -0.4 is 0 Å². The van der Waals surface area contributed by atoms with Gasteiger partial charge in [0.2, 0.25) is 0 Å². The molecule has 152 valence electrons. The molecule has 0 aliphatic heterocycles. The Bertz CT molecular complexity index is 936. The van der Waals surface area contributed by atoms with Gasteiger partial charge in [0.05, 0.1) is 22.2 Å². The summed E-state index contributed by atoms with van der Waals surface area (Å²) in [5.74, 6) is 0. The monoisotopic (exact) mass is 404 g/mol. The molecule has 12 nitrogen and oxygen atoms in total. The van der Waals surface area contributed by atoms with Crippen LogP contribution in [-0.4, -0.2) is 59.1 Å². The van der Waals surface area contributed by atoms with E-state index in [2.05, 4.69) is 59.1 Å². The van der Waals surface area contributed by atoms with Crippen molar-refractivity contribution in [2.24, 2.45) is 0 Å². The lowest BCUT2D eigenvalue weighted by Crippen LogP contribution is -2.72. The SMILES string of the molecule is c1nncn1C12CC3(n4cnnc4)CC(n4cnnc4)(C1)CC(n1cnnc1)(C2)C3. The Balaban J connectivity index is 1.53. The van der Waals surface area contributed by atoms with Gasteiger partial charge in [0.25, 0.3) is 0 Å². The molecule has 0 unspecified atom stereocenters. The van der Waals surface area contributed by atoms with Crippen molar-refractivity contribution in [2.75, 3.05) is 0 Å². The van der Waals surface area contributed by atoms with Crippen LogP contribution in [0.3, 0.4) is 0 Å². The maximum atomic E-state index is 4.15. The predicted octanol–water partition coefficient (Wildman–Crippen LogP) is 0.316. The minimum atomic E-state index is -0.170. The highest BCUT2D eigenvalue weighted by atomic mass is 15.4. The molecule has 4 aliphatic carbocycles. The Morgan fingerprint density at radius 3 is 0.667 bits per heavy atom. The standard InChI is InChI=1S/C18H20N12/c1-15(27-7-19-20-8-27)2-17(29-11-23-24-12-29)4-16(1,28-9-21-22-10-28)5-18(3-15,6-17)30-13-25-26-14-30/h7-14H,1-6H2. The molecule has 4 heterocycles. The molecule has 12 heteroatoms. The van der Waals surface area contributed by atoms with E-state index in [4.69, 9.17) is 0 Å². The van der Waals surface area contributed by atoms with Crippen LogP contribution in [0.2, 0.25) is 0 Å². The summed E-state index contributed by atoms with van der Waals surface area (Å²) in [4.78, 5) is 0. The molecule has 0 atom stereocenters. The van der Waals surface area contributed by atoms with Gasteiger partial charge >= 0.3 is 0 Å². The summed E-state index contributed by atoms with van der Waals surface area (Å²) in [6, 6.07) is 0. The van der Waals surface area contributed by atoms with Gasteiger partial charge in [-0.3, -0.25) is 0 Å². The van der Waals surface area contributed by atoms with E-state index in [0.29, 0.717) is 0 Å².